The SMILES string of the molecule is CCn1nc(C)c(CCN(C)C(=O)CN2C(=O)[C@@]3(COc4ccccc4)C[C@H]3c3ccccc32)c1C. The number of amides is 2. The molecule has 0 bridgehead atoms. The van der Waals surface area contributed by atoms with Crippen LogP contribution in [0.5, 0.6) is 5.75 Å². The number of ether oxygens (including phenoxy) is 1. The lowest BCUT2D eigenvalue weighted by atomic mass is 9.92. The molecular weight excluding hydrogens is 452 g/mol. The van der Waals surface area contributed by atoms with E-state index in [0.29, 0.717) is 13.2 Å². The van der Waals surface area contributed by atoms with Crippen molar-refractivity contribution in [3.63, 3.8) is 0 Å². The Bertz CT molecular complexity index is 1280. The van der Waals surface area contributed by atoms with E-state index in [1.807, 2.05) is 67.2 Å². The number of anilines is 1. The van der Waals surface area contributed by atoms with Crippen LogP contribution in [0.25, 0.3) is 0 Å². The summed E-state index contributed by atoms with van der Waals surface area (Å²) in [5.74, 6) is 0.799. The van der Waals surface area contributed by atoms with Crippen molar-refractivity contribution in [1.29, 1.82) is 0 Å². The Hall–Kier alpha value is -3.61. The lowest BCUT2D eigenvalue weighted by molar-refractivity contribution is -0.132. The number of carbonyl (C=O) groups is 2. The molecule has 3 aromatic rings. The topological polar surface area (TPSA) is 67.7 Å². The summed E-state index contributed by atoms with van der Waals surface area (Å²) in [5, 5.41) is 4.59. The molecule has 0 unspecified atom stereocenters. The van der Waals surface area contributed by atoms with E-state index >= 15 is 0 Å². The molecule has 1 aliphatic carbocycles. The number of hydrogen-bond donors (Lipinski definition) is 0. The first-order chi connectivity index (χ1) is 17.4. The molecule has 2 heterocycles. The highest BCUT2D eigenvalue weighted by molar-refractivity contribution is 6.07. The molecule has 7 nitrogen and oxygen atoms in total. The highest BCUT2D eigenvalue weighted by atomic mass is 16.5. The van der Waals surface area contributed by atoms with Crippen LogP contribution in [0.3, 0.4) is 0 Å². The molecule has 0 radical (unpaired) electrons. The van der Waals surface area contributed by atoms with Crippen LogP contribution >= 0.6 is 0 Å². The van der Waals surface area contributed by atoms with Gasteiger partial charge in [-0.2, -0.15) is 5.10 Å². The summed E-state index contributed by atoms with van der Waals surface area (Å²) in [6, 6.07) is 17.6. The summed E-state index contributed by atoms with van der Waals surface area (Å²) in [4.78, 5) is 30.5. The maximum absolute atomic E-state index is 13.8. The second-order valence-corrected chi connectivity index (χ2v) is 10.00. The zero-order chi connectivity index (χ0) is 25.4. The number of nitrogens with zero attached hydrogens (tertiary/aromatic N) is 4. The Balaban J connectivity index is 1.30. The molecule has 0 N–H and O–H groups in total. The lowest BCUT2D eigenvalue weighted by Gasteiger charge is -2.34. The number of aromatic nitrogens is 2. The van der Waals surface area contributed by atoms with Gasteiger partial charge in [-0.25, -0.2) is 0 Å². The first-order valence-electron chi connectivity index (χ1n) is 12.7. The zero-order valence-corrected chi connectivity index (χ0v) is 21.5. The first kappa shape index (κ1) is 24.1. The summed E-state index contributed by atoms with van der Waals surface area (Å²) in [6.45, 7) is 7.91. The van der Waals surface area contributed by atoms with Gasteiger partial charge in [-0.05, 0) is 62.9 Å². The van der Waals surface area contributed by atoms with Gasteiger partial charge in [0.2, 0.25) is 11.8 Å². The van der Waals surface area contributed by atoms with Crippen molar-refractivity contribution in [1.82, 2.24) is 14.7 Å². The molecule has 0 saturated heterocycles. The molecular formula is C29H34N4O3. The predicted octanol–water partition coefficient (Wildman–Crippen LogP) is 4.12. The average Bonchev–Trinajstić information content (AvgIpc) is 3.58. The second kappa shape index (κ2) is 9.45. The molecule has 188 valence electrons. The molecule has 2 aliphatic rings. The van der Waals surface area contributed by atoms with E-state index in [1.54, 1.807) is 9.80 Å². The van der Waals surface area contributed by atoms with Gasteiger partial charge in [-0.1, -0.05) is 36.4 Å². The minimum atomic E-state index is -0.605. The molecule has 0 spiro atoms. The van der Waals surface area contributed by atoms with E-state index in [9.17, 15) is 9.59 Å². The fraction of sp³-hybridized carbons (Fsp3) is 0.414. The van der Waals surface area contributed by atoms with Gasteiger partial charge in [0.05, 0.1) is 11.1 Å². The maximum atomic E-state index is 13.8. The van der Waals surface area contributed by atoms with Gasteiger partial charge in [0.15, 0.2) is 0 Å². The zero-order valence-electron chi connectivity index (χ0n) is 21.5. The van der Waals surface area contributed by atoms with E-state index in [4.69, 9.17) is 4.74 Å². The normalized spacial score (nSPS) is 20.1. The van der Waals surface area contributed by atoms with Crippen LogP contribution < -0.4 is 9.64 Å². The van der Waals surface area contributed by atoms with Crippen LogP contribution in [0, 0.1) is 19.3 Å². The van der Waals surface area contributed by atoms with E-state index in [-0.39, 0.29) is 24.3 Å². The van der Waals surface area contributed by atoms with Crippen LogP contribution in [-0.2, 0) is 22.6 Å². The number of carbonyl (C=O) groups excluding carboxylic acids is 2. The first-order valence-corrected chi connectivity index (χ1v) is 12.7. The van der Waals surface area contributed by atoms with E-state index in [1.165, 1.54) is 5.56 Å². The Kier molecular flexibility index (Phi) is 6.33. The van der Waals surface area contributed by atoms with Gasteiger partial charge in [0.1, 0.15) is 18.9 Å². The molecule has 2 atom stereocenters. The standard InChI is InChI=1S/C29H34N4O3/c1-5-33-21(3)23(20(2)30-33)15-16-31(4)27(34)18-32-26-14-10-9-13-24(26)25-17-29(25,28(32)35)19-36-22-11-7-6-8-12-22/h6-14,25H,5,15-19H2,1-4H3/t25-,29+/m0/s1. The van der Waals surface area contributed by atoms with Crippen LogP contribution in [0.2, 0.25) is 0 Å². The third-order valence-electron chi connectivity index (χ3n) is 7.84. The van der Waals surface area contributed by atoms with Crippen molar-refractivity contribution in [3.8, 4) is 5.75 Å². The monoisotopic (exact) mass is 486 g/mol. The highest BCUT2D eigenvalue weighted by Crippen LogP contribution is 2.65. The van der Waals surface area contributed by atoms with Gasteiger partial charge in [0.25, 0.3) is 0 Å². The molecule has 1 aliphatic heterocycles. The molecule has 1 fully saturated rings. The van der Waals surface area contributed by atoms with Gasteiger partial charge in [-0.3, -0.25) is 14.3 Å². The molecule has 2 amide bonds. The fourth-order valence-electron chi connectivity index (χ4n) is 5.53. The van der Waals surface area contributed by atoms with Crippen LogP contribution in [0.1, 0.15) is 41.8 Å². The summed E-state index contributed by atoms with van der Waals surface area (Å²) >= 11 is 0. The number of fused-ring (bicyclic) bond motifs is 3. The second-order valence-electron chi connectivity index (χ2n) is 10.00. The Morgan fingerprint density at radius 1 is 1.14 bits per heavy atom. The summed E-state index contributed by atoms with van der Waals surface area (Å²) in [7, 11) is 1.81. The number of para-hydroxylation sites is 2. The van der Waals surface area contributed by atoms with E-state index in [2.05, 4.69) is 25.0 Å². The quantitative estimate of drug-likeness (QED) is 0.456. The van der Waals surface area contributed by atoms with Crippen molar-refractivity contribution in [2.45, 2.75) is 46.1 Å². The predicted molar refractivity (Wildman–Crippen MR) is 139 cm³/mol. The van der Waals surface area contributed by atoms with Crippen molar-refractivity contribution in [3.05, 3.63) is 77.1 Å². The van der Waals surface area contributed by atoms with Gasteiger partial charge in [-0.15, -0.1) is 0 Å². The van der Waals surface area contributed by atoms with Gasteiger partial charge < -0.3 is 14.5 Å². The Morgan fingerprint density at radius 2 is 1.86 bits per heavy atom. The third kappa shape index (κ3) is 4.16. The number of aryl methyl sites for hydroxylation is 2. The smallest absolute Gasteiger partial charge is 0.242 e. The maximum Gasteiger partial charge on any atom is 0.242 e. The van der Waals surface area contributed by atoms with Crippen molar-refractivity contribution >= 4 is 17.5 Å². The minimum absolute atomic E-state index is 0.0141. The van der Waals surface area contributed by atoms with E-state index in [0.717, 1.165) is 47.8 Å². The highest BCUT2D eigenvalue weighted by Gasteiger charge is 2.66. The van der Waals surface area contributed by atoms with Crippen molar-refractivity contribution < 1.29 is 14.3 Å². The molecule has 1 saturated carbocycles. The number of hydrogen-bond acceptors (Lipinski definition) is 4. The van der Waals surface area contributed by atoms with Crippen LogP contribution in [0.15, 0.2) is 54.6 Å². The van der Waals surface area contributed by atoms with Crippen molar-refractivity contribution in [2.75, 3.05) is 31.6 Å². The molecule has 36 heavy (non-hydrogen) atoms. The molecule has 1 aromatic heterocycles. The molecule has 5 rings (SSSR count). The van der Waals surface area contributed by atoms with Gasteiger partial charge in [0, 0.05) is 37.4 Å². The van der Waals surface area contributed by atoms with Gasteiger partial charge >= 0.3 is 0 Å². The molecule has 7 heteroatoms. The summed E-state index contributed by atoms with van der Waals surface area (Å²) in [6.07, 6.45) is 1.48. The number of likely N-dealkylation sites (N-methyl/N-ethyl adjacent to an activating group) is 1. The summed E-state index contributed by atoms with van der Waals surface area (Å²) in [5.41, 5.74) is 4.71. The third-order valence-corrected chi connectivity index (χ3v) is 7.84. The minimum Gasteiger partial charge on any atom is -0.492 e. The summed E-state index contributed by atoms with van der Waals surface area (Å²) < 4.78 is 8.05. The lowest BCUT2D eigenvalue weighted by Crippen LogP contribution is -2.48. The number of rotatable bonds is 9. The van der Waals surface area contributed by atoms with Crippen LogP contribution in [0.4, 0.5) is 5.69 Å². The van der Waals surface area contributed by atoms with Crippen LogP contribution in [-0.4, -0.2) is 53.2 Å². The Labute approximate surface area is 212 Å². The fourth-order valence-corrected chi connectivity index (χ4v) is 5.53. The van der Waals surface area contributed by atoms with Crippen molar-refractivity contribution in [2.24, 2.45) is 5.41 Å². The Morgan fingerprint density at radius 3 is 2.58 bits per heavy atom. The van der Waals surface area contributed by atoms with E-state index < -0.39 is 5.41 Å². The average molecular weight is 487 g/mol. The molecule has 2 aromatic carbocycles. The number of benzene rings is 2. The largest absolute Gasteiger partial charge is 0.492 e.